The van der Waals surface area contributed by atoms with E-state index in [9.17, 15) is 14.7 Å². The molecule has 7 heteroatoms. The number of thiazole rings is 1. The summed E-state index contributed by atoms with van der Waals surface area (Å²) in [6.45, 7) is 0. The average Bonchev–Trinajstić information content (AvgIpc) is 2.81. The molecule has 0 aliphatic carbocycles. The monoisotopic (exact) mass is 248 g/mol. The summed E-state index contributed by atoms with van der Waals surface area (Å²) in [4.78, 5) is 30.0. The number of carboxylic acids is 1. The number of nitrogens with zero attached hydrogens (tertiary/aromatic N) is 2. The Hall–Kier alpha value is -2.28. The van der Waals surface area contributed by atoms with Crippen LogP contribution in [0.5, 0.6) is 0 Å². The van der Waals surface area contributed by atoms with E-state index in [4.69, 9.17) is 0 Å². The summed E-state index contributed by atoms with van der Waals surface area (Å²) in [5.41, 5.74) is -0.441. The van der Waals surface area contributed by atoms with Gasteiger partial charge in [-0.2, -0.15) is 0 Å². The zero-order valence-corrected chi connectivity index (χ0v) is 9.23. The molecule has 2 aromatic heterocycles. The molecular weight excluding hydrogens is 242 g/mol. The lowest BCUT2D eigenvalue weighted by atomic mass is 10.2. The van der Waals surface area contributed by atoms with Crippen molar-refractivity contribution in [3.63, 3.8) is 0 Å². The zero-order chi connectivity index (χ0) is 12.3. The minimum atomic E-state index is -1.49. The van der Waals surface area contributed by atoms with E-state index in [2.05, 4.69) is 15.3 Å². The molecule has 0 saturated carbocycles. The molecule has 0 aliphatic heterocycles. The van der Waals surface area contributed by atoms with Gasteiger partial charge in [-0.05, 0) is 12.1 Å². The second kappa shape index (κ2) is 4.71. The number of rotatable bonds is 3. The van der Waals surface area contributed by atoms with Gasteiger partial charge in [0.15, 0.2) is 5.13 Å². The topological polar surface area (TPSA) is 95.0 Å². The minimum absolute atomic E-state index is 0.0531. The van der Waals surface area contributed by atoms with E-state index >= 15 is 0 Å². The summed E-state index contributed by atoms with van der Waals surface area (Å²) in [5.74, 6) is -2.07. The fourth-order valence-electron chi connectivity index (χ4n) is 1.20. The Labute approximate surface area is 100.0 Å². The molecule has 0 atom stereocenters. The molecule has 1 N–H and O–H groups in total. The van der Waals surface area contributed by atoms with E-state index in [0.717, 1.165) is 0 Å². The third-order valence-corrected chi connectivity index (χ3v) is 2.59. The number of hydrogen-bond donors (Lipinski definition) is 1. The first-order valence-corrected chi connectivity index (χ1v) is 5.43. The summed E-state index contributed by atoms with van der Waals surface area (Å²) < 4.78 is 0. The summed E-state index contributed by atoms with van der Waals surface area (Å²) >= 11 is 1.23. The van der Waals surface area contributed by atoms with Gasteiger partial charge in [0.1, 0.15) is 0 Å². The van der Waals surface area contributed by atoms with Crippen LogP contribution >= 0.6 is 11.3 Å². The number of carbonyl (C=O) groups is 2. The van der Waals surface area contributed by atoms with Crippen LogP contribution in [0.4, 0.5) is 5.13 Å². The van der Waals surface area contributed by atoms with Crippen LogP contribution in [0.2, 0.25) is 0 Å². The third-order valence-electron chi connectivity index (χ3n) is 1.90. The SMILES string of the molecule is O=C(Nc1nccs1)c1cccnc1C(=O)[O-]. The maximum Gasteiger partial charge on any atom is 0.259 e. The highest BCUT2D eigenvalue weighted by Crippen LogP contribution is 2.13. The number of nitrogens with one attached hydrogen (secondary N) is 1. The first-order valence-electron chi connectivity index (χ1n) is 4.55. The quantitative estimate of drug-likeness (QED) is 0.834. The fourth-order valence-corrected chi connectivity index (χ4v) is 1.72. The minimum Gasteiger partial charge on any atom is -0.543 e. The standard InChI is InChI=1S/C10H7N3O3S/c14-8(13-10-12-4-5-17-10)6-2-1-3-11-7(6)9(15)16/h1-5H,(H,15,16)(H,12,13,14)/p-1. The van der Waals surface area contributed by atoms with Gasteiger partial charge in [0, 0.05) is 17.8 Å². The molecule has 0 aliphatic rings. The van der Waals surface area contributed by atoms with Gasteiger partial charge in [-0.1, -0.05) is 0 Å². The third kappa shape index (κ3) is 2.45. The summed E-state index contributed by atoms with van der Waals surface area (Å²) in [7, 11) is 0. The number of aromatic nitrogens is 2. The van der Waals surface area contributed by atoms with Crippen LogP contribution in [0.1, 0.15) is 20.8 Å². The summed E-state index contributed by atoms with van der Waals surface area (Å²) in [5, 5.41) is 15.3. The largest absolute Gasteiger partial charge is 0.543 e. The van der Waals surface area contributed by atoms with Gasteiger partial charge in [0.2, 0.25) is 0 Å². The lowest BCUT2D eigenvalue weighted by molar-refractivity contribution is -0.255. The smallest absolute Gasteiger partial charge is 0.259 e. The van der Waals surface area contributed by atoms with Crippen LogP contribution in [0.25, 0.3) is 0 Å². The molecule has 0 saturated heterocycles. The first-order chi connectivity index (χ1) is 8.18. The van der Waals surface area contributed by atoms with Crippen molar-refractivity contribution in [3.8, 4) is 0 Å². The van der Waals surface area contributed by atoms with Crippen LogP contribution in [-0.4, -0.2) is 21.8 Å². The van der Waals surface area contributed by atoms with Crippen molar-refractivity contribution in [1.82, 2.24) is 9.97 Å². The second-order valence-electron chi connectivity index (χ2n) is 2.98. The summed E-state index contributed by atoms with van der Waals surface area (Å²) in [6, 6.07) is 2.84. The molecule has 0 bridgehead atoms. The van der Waals surface area contributed by atoms with Crippen molar-refractivity contribution < 1.29 is 14.7 Å². The van der Waals surface area contributed by atoms with Crippen molar-refractivity contribution in [2.24, 2.45) is 0 Å². The van der Waals surface area contributed by atoms with Crippen LogP contribution < -0.4 is 10.4 Å². The number of carbonyl (C=O) groups excluding carboxylic acids is 2. The van der Waals surface area contributed by atoms with Gasteiger partial charge in [-0.25, -0.2) is 4.98 Å². The molecule has 0 unspecified atom stereocenters. The van der Waals surface area contributed by atoms with Gasteiger partial charge in [-0.3, -0.25) is 15.1 Å². The number of aromatic carboxylic acids is 1. The Morgan fingerprint density at radius 3 is 2.76 bits per heavy atom. The normalized spacial score (nSPS) is 9.88. The average molecular weight is 248 g/mol. The lowest BCUT2D eigenvalue weighted by Gasteiger charge is -2.07. The number of carboxylic acid groups (broad SMARTS) is 1. The Morgan fingerprint density at radius 2 is 2.12 bits per heavy atom. The maximum atomic E-state index is 11.8. The van der Waals surface area contributed by atoms with Crippen LogP contribution in [0, 0.1) is 0 Å². The molecule has 2 rings (SSSR count). The van der Waals surface area contributed by atoms with Crippen LogP contribution in [-0.2, 0) is 0 Å². The Kier molecular flexibility index (Phi) is 3.10. The molecule has 86 valence electrons. The highest BCUT2D eigenvalue weighted by molar-refractivity contribution is 7.13. The number of anilines is 1. The molecule has 17 heavy (non-hydrogen) atoms. The van der Waals surface area contributed by atoms with Gasteiger partial charge in [-0.15, -0.1) is 11.3 Å². The van der Waals surface area contributed by atoms with Crippen LogP contribution in [0.3, 0.4) is 0 Å². The molecule has 1 amide bonds. The Morgan fingerprint density at radius 1 is 1.29 bits per heavy atom. The fraction of sp³-hybridized carbons (Fsp3) is 0. The molecule has 0 spiro atoms. The van der Waals surface area contributed by atoms with E-state index in [1.807, 2.05) is 0 Å². The maximum absolute atomic E-state index is 11.8. The Balaban J connectivity index is 2.28. The van der Waals surface area contributed by atoms with Gasteiger partial charge in [0.05, 0.1) is 17.2 Å². The van der Waals surface area contributed by atoms with Gasteiger partial charge >= 0.3 is 0 Å². The van der Waals surface area contributed by atoms with Crippen molar-refractivity contribution in [1.29, 1.82) is 0 Å². The van der Waals surface area contributed by atoms with Crippen molar-refractivity contribution in [2.75, 3.05) is 5.32 Å². The molecule has 6 nitrogen and oxygen atoms in total. The van der Waals surface area contributed by atoms with E-state index in [-0.39, 0.29) is 11.3 Å². The Bertz CT molecular complexity index is 554. The predicted molar refractivity (Wildman–Crippen MR) is 58.6 cm³/mol. The molecule has 2 heterocycles. The van der Waals surface area contributed by atoms with E-state index < -0.39 is 11.9 Å². The highest BCUT2D eigenvalue weighted by Gasteiger charge is 2.13. The second-order valence-corrected chi connectivity index (χ2v) is 3.87. The van der Waals surface area contributed by atoms with E-state index in [1.165, 1.54) is 35.9 Å². The van der Waals surface area contributed by atoms with Gasteiger partial charge in [0.25, 0.3) is 5.91 Å². The highest BCUT2D eigenvalue weighted by atomic mass is 32.1. The number of amides is 1. The molecular formula is C10H6N3O3S-. The molecule has 0 fully saturated rings. The van der Waals surface area contributed by atoms with Crippen molar-refractivity contribution >= 4 is 28.3 Å². The first kappa shape index (κ1) is 11.2. The molecule has 0 radical (unpaired) electrons. The number of hydrogen-bond acceptors (Lipinski definition) is 6. The van der Waals surface area contributed by atoms with Crippen molar-refractivity contribution in [2.45, 2.75) is 0 Å². The summed E-state index contributed by atoms with van der Waals surface area (Å²) in [6.07, 6.45) is 2.81. The van der Waals surface area contributed by atoms with Crippen LogP contribution in [0.15, 0.2) is 29.9 Å². The van der Waals surface area contributed by atoms with E-state index in [1.54, 1.807) is 5.38 Å². The lowest BCUT2D eigenvalue weighted by Crippen LogP contribution is -2.27. The predicted octanol–water partition coefficient (Wildman–Crippen LogP) is 0.154. The molecule has 0 aromatic carbocycles. The van der Waals surface area contributed by atoms with E-state index in [0.29, 0.717) is 5.13 Å². The zero-order valence-electron chi connectivity index (χ0n) is 8.41. The van der Waals surface area contributed by atoms with Crippen molar-refractivity contribution in [3.05, 3.63) is 41.2 Å². The van der Waals surface area contributed by atoms with Gasteiger partial charge < -0.3 is 9.90 Å². The number of pyridine rings is 1. The molecule has 2 aromatic rings.